The molecule has 3 aromatic rings. The van der Waals surface area contributed by atoms with Crippen molar-refractivity contribution >= 4 is 51.6 Å². The summed E-state index contributed by atoms with van der Waals surface area (Å²) in [4.78, 5) is 40.1. The van der Waals surface area contributed by atoms with Crippen molar-refractivity contribution < 1.29 is 19.1 Å². The lowest BCUT2D eigenvalue weighted by atomic mass is 9.96. The van der Waals surface area contributed by atoms with Crippen LogP contribution in [-0.4, -0.2) is 30.1 Å². The lowest BCUT2D eigenvalue weighted by molar-refractivity contribution is -0.115. The molecular weight excluding hydrogens is 504 g/mol. The smallest absolute Gasteiger partial charge is 0.341 e. The Morgan fingerprint density at radius 2 is 1.70 bits per heavy atom. The molecule has 1 aliphatic rings. The number of hydrogen-bond donors (Lipinski definition) is 2. The standard InChI is InChI=1S/C29H32N2O4S2/c1-2-35-29(34)27-23-15-8-3-4-9-16-24(23)37-28(27)31-26(33)19-36-22-14-10-13-21(18-22)30-25(32)17-20-11-6-5-7-12-20/h5-7,10-14,18H,2-4,8-9,15-17,19H2,1H3,(H,30,32)(H,31,33). The van der Waals surface area contributed by atoms with Crippen molar-refractivity contribution in [2.45, 2.75) is 56.8 Å². The molecule has 0 aliphatic heterocycles. The number of carbonyl (C=O) groups is 3. The number of carbonyl (C=O) groups excluding carboxylic acids is 3. The lowest BCUT2D eigenvalue weighted by Crippen LogP contribution is -2.17. The van der Waals surface area contributed by atoms with Gasteiger partial charge in [-0.3, -0.25) is 9.59 Å². The monoisotopic (exact) mass is 536 g/mol. The summed E-state index contributed by atoms with van der Waals surface area (Å²) >= 11 is 2.89. The summed E-state index contributed by atoms with van der Waals surface area (Å²) < 4.78 is 5.33. The fraction of sp³-hybridized carbons (Fsp3) is 0.345. The second-order valence-corrected chi connectivity index (χ2v) is 11.1. The lowest BCUT2D eigenvalue weighted by Gasteiger charge is -2.11. The minimum Gasteiger partial charge on any atom is -0.462 e. The normalized spacial score (nSPS) is 13.1. The van der Waals surface area contributed by atoms with E-state index in [0.717, 1.165) is 48.1 Å². The molecule has 37 heavy (non-hydrogen) atoms. The van der Waals surface area contributed by atoms with E-state index in [9.17, 15) is 14.4 Å². The number of ether oxygens (including phenoxy) is 1. The van der Waals surface area contributed by atoms with Crippen LogP contribution in [-0.2, 0) is 33.6 Å². The third-order valence-corrected chi connectivity index (χ3v) is 8.30. The van der Waals surface area contributed by atoms with Crippen molar-refractivity contribution in [3.8, 4) is 0 Å². The summed E-state index contributed by atoms with van der Waals surface area (Å²) in [6.07, 6.45) is 6.55. The molecule has 0 unspecified atom stereocenters. The van der Waals surface area contributed by atoms with Gasteiger partial charge in [0, 0.05) is 15.5 Å². The van der Waals surface area contributed by atoms with Gasteiger partial charge >= 0.3 is 5.97 Å². The number of thioether (sulfide) groups is 1. The second kappa shape index (κ2) is 13.4. The molecule has 0 saturated heterocycles. The largest absolute Gasteiger partial charge is 0.462 e. The Labute approximate surface area is 226 Å². The minimum atomic E-state index is -0.359. The Morgan fingerprint density at radius 3 is 2.49 bits per heavy atom. The Hall–Kier alpha value is -3.10. The van der Waals surface area contributed by atoms with E-state index in [1.807, 2.05) is 54.6 Å². The number of nitrogens with one attached hydrogen (secondary N) is 2. The predicted octanol–water partition coefficient (Wildman–Crippen LogP) is 6.50. The van der Waals surface area contributed by atoms with Crippen molar-refractivity contribution in [2.75, 3.05) is 23.0 Å². The summed E-state index contributed by atoms with van der Waals surface area (Å²) in [7, 11) is 0. The van der Waals surface area contributed by atoms with E-state index < -0.39 is 0 Å². The fourth-order valence-electron chi connectivity index (χ4n) is 4.39. The Kier molecular flexibility index (Phi) is 9.79. The molecule has 8 heteroatoms. The Bertz CT molecular complexity index is 1240. The highest BCUT2D eigenvalue weighted by Crippen LogP contribution is 2.38. The first-order valence-corrected chi connectivity index (χ1v) is 14.5. The van der Waals surface area contributed by atoms with Crippen LogP contribution in [0.2, 0.25) is 0 Å². The third kappa shape index (κ3) is 7.69. The van der Waals surface area contributed by atoms with Crippen molar-refractivity contribution in [3.05, 3.63) is 76.2 Å². The maximum absolute atomic E-state index is 12.9. The van der Waals surface area contributed by atoms with Crippen LogP contribution in [0.4, 0.5) is 10.7 Å². The van der Waals surface area contributed by atoms with Gasteiger partial charge in [-0.1, -0.05) is 49.2 Å². The quantitative estimate of drug-likeness (QED) is 0.241. The van der Waals surface area contributed by atoms with Gasteiger partial charge in [-0.05, 0) is 61.9 Å². The Morgan fingerprint density at radius 1 is 0.919 bits per heavy atom. The second-order valence-electron chi connectivity index (χ2n) is 8.92. The van der Waals surface area contributed by atoms with Crippen molar-refractivity contribution in [3.63, 3.8) is 0 Å². The number of esters is 1. The van der Waals surface area contributed by atoms with Gasteiger partial charge in [-0.25, -0.2) is 4.79 Å². The highest BCUT2D eigenvalue weighted by molar-refractivity contribution is 8.00. The van der Waals surface area contributed by atoms with Crippen LogP contribution in [0.15, 0.2) is 59.5 Å². The number of fused-ring (bicyclic) bond motifs is 1. The van der Waals surface area contributed by atoms with Gasteiger partial charge < -0.3 is 15.4 Å². The van der Waals surface area contributed by atoms with Gasteiger partial charge in [0.2, 0.25) is 11.8 Å². The number of thiophene rings is 1. The highest BCUT2D eigenvalue weighted by atomic mass is 32.2. The van der Waals surface area contributed by atoms with E-state index in [2.05, 4.69) is 10.6 Å². The van der Waals surface area contributed by atoms with E-state index >= 15 is 0 Å². The third-order valence-electron chi connectivity index (χ3n) is 6.10. The number of aryl methyl sites for hydroxylation is 1. The molecule has 0 bridgehead atoms. The van der Waals surface area contributed by atoms with Gasteiger partial charge in [-0.15, -0.1) is 23.1 Å². The molecule has 2 N–H and O–H groups in total. The topological polar surface area (TPSA) is 84.5 Å². The molecule has 2 amide bonds. The molecule has 6 nitrogen and oxygen atoms in total. The molecule has 4 rings (SSSR count). The average Bonchev–Trinajstić information content (AvgIpc) is 3.19. The molecule has 1 aromatic heterocycles. The average molecular weight is 537 g/mol. The van der Waals surface area contributed by atoms with Crippen LogP contribution in [0.25, 0.3) is 0 Å². The first kappa shape index (κ1) is 26.9. The van der Waals surface area contributed by atoms with E-state index in [0.29, 0.717) is 29.3 Å². The van der Waals surface area contributed by atoms with Gasteiger partial charge in [0.25, 0.3) is 0 Å². The zero-order chi connectivity index (χ0) is 26.0. The van der Waals surface area contributed by atoms with Crippen LogP contribution >= 0.6 is 23.1 Å². The maximum atomic E-state index is 12.9. The molecule has 0 radical (unpaired) electrons. The fourth-order valence-corrected chi connectivity index (χ4v) is 6.44. The van der Waals surface area contributed by atoms with Crippen molar-refractivity contribution in [1.82, 2.24) is 0 Å². The molecule has 0 spiro atoms. The van der Waals surface area contributed by atoms with Crippen LogP contribution in [0.1, 0.15) is 59.0 Å². The minimum absolute atomic E-state index is 0.0918. The molecule has 1 heterocycles. The van der Waals surface area contributed by atoms with E-state index in [1.54, 1.807) is 6.92 Å². The SMILES string of the molecule is CCOC(=O)c1c(NC(=O)CSc2cccc(NC(=O)Cc3ccccc3)c2)sc2c1CCCCCC2. The first-order valence-electron chi connectivity index (χ1n) is 12.7. The van der Waals surface area contributed by atoms with Crippen molar-refractivity contribution in [1.29, 1.82) is 0 Å². The summed E-state index contributed by atoms with van der Waals surface area (Å²) in [5, 5.41) is 6.50. The zero-order valence-corrected chi connectivity index (χ0v) is 22.6. The van der Waals surface area contributed by atoms with E-state index in [-0.39, 0.29) is 23.5 Å². The summed E-state index contributed by atoms with van der Waals surface area (Å²) in [5.41, 5.74) is 3.22. The number of benzene rings is 2. The molecule has 194 valence electrons. The van der Waals surface area contributed by atoms with Crippen LogP contribution in [0.5, 0.6) is 0 Å². The number of anilines is 2. The van der Waals surface area contributed by atoms with Crippen molar-refractivity contribution in [2.24, 2.45) is 0 Å². The van der Waals surface area contributed by atoms with Gasteiger partial charge in [0.1, 0.15) is 5.00 Å². The summed E-state index contributed by atoms with van der Waals surface area (Å²) in [6.45, 7) is 2.09. The molecule has 2 aromatic carbocycles. The number of rotatable bonds is 9. The van der Waals surface area contributed by atoms with Gasteiger partial charge in [-0.2, -0.15) is 0 Å². The highest BCUT2D eigenvalue weighted by Gasteiger charge is 2.26. The van der Waals surface area contributed by atoms with E-state index in [4.69, 9.17) is 4.74 Å². The number of hydrogen-bond acceptors (Lipinski definition) is 6. The van der Waals surface area contributed by atoms with Crippen LogP contribution in [0, 0.1) is 0 Å². The van der Waals surface area contributed by atoms with Gasteiger partial charge in [0.15, 0.2) is 0 Å². The van der Waals surface area contributed by atoms with Crippen LogP contribution in [0.3, 0.4) is 0 Å². The molecule has 1 aliphatic carbocycles. The maximum Gasteiger partial charge on any atom is 0.341 e. The zero-order valence-electron chi connectivity index (χ0n) is 21.0. The van der Waals surface area contributed by atoms with Crippen LogP contribution < -0.4 is 10.6 Å². The van der Waals surface area contributed by atoms with E-state index in [1.165, 1.54) is 34.4 Å². The Balaban J connectivity index is 1.38. The summed E-state index contributed by atoms with van der Waals surface area (Å²) in [6, 6.07) is 17.1. The molecule has 0 saturated carbocycles. The van der Waals surface area contributed by atoms with Gasteiger partial charge in [0.05, 0.1) is 24.3 Å². The molecular formula is C29H32N2O4S2. The number of amides is 2. The molecule has 0 atom stereocenters. The summed E-state index contributed by atoms with van der Waals surface area (Å²) in [5.74, 6) is -0.441. The predicted molar refractivity (Wildman–Crippen MR) is 151 cm³/mol. The first-order chi connectivity index (χ1) is 18.0. The molecule has 0 fully saturated rings.